The van der Waals surface area contributed by atoms with Gasteiger partial charge in [0.15, 0.2) is 0 Å². The number of carbonyl (C=O) groups is 2. The van der Waals surface area contributed by atoms with Gasteiger partial charge in [-0.3, -0.25) is 9.59 Å². The van der Waals surface area contributed by atoms with Crippen molar-refractivity contribution in [2.75, 3.05) is 20.6 Å². The quantitative estimate of drug-likeness (QED) is 0.612. The van der Waals surface area contributed by atoms with Crippen LogP contribution in [0.3, 0.4) is 0 Å². The molecule has 0 saturated heterocycles. The van der Waals surface area contributed by atoms with Crippen molar-refractivity contribution >= 4 is 22.7 Å². The Morgan fingerprint density at radius 2 is 1.66 bits per heavy atom. The molecule has 0 aliphatic rings. The lowest BCUT2D eigenvalue weighted by Gasteiger charge is -2.21. The fourth-order valence-corrected chi connectivity index (χ4v) is 3.61. The van der Waals surface area contributed by atoms with Crippen LogP contribution in [-0.4, -0.2) is 46.8 Å². The van der Waals surface area contributed by atoms with Crippen molar-refractivity contribution in [3.63, 3.8) is 0 Å². The van der Waals surface area contributed by atoms with E-state index in [9.17, 15) is 9.59 Å². The molecule has 1 aromatic heterocycles. The smallest absolute Gasteiger partial charge is 0.253 e. The summed E-state index contributed by atoms with van der Waals surface area (Å²) in [7, 11) is 3.48. The lowest BCUT2D eigenvalue weighted by Crippen LogP contribution is -2.31. The zero-order chi connectivity index (χ0) is 21.0. The van der Waals surface area contributed by atoms with Crippen LogP contribution in [0.15, 0.2) is 54.7 Å². The molecule has 0 radical (unpaired) electrons. The van der Waals surface area contributed by atoms with Gasteiger partial charge in [-0.1, -0.05) is 30.3 Å². The highest BCUT2D eigenvalue weighted by molar-refractivity contribution is 5.94. The number of para-hydroxylation sites is 1. The van der Waals surface area contributed by atoms with E-state index in [1.54, 1.807) is 19.0 Å². The standard InChI is InChI=1S/C24H29N3O2/c1-5-26-17-20(21-9-7-8-10-22(21)26)15-23(28)27(6-2)16-18-11-13-19(14-12-18)24(29)25(3)4/h7-14,17H,5-6,15-16H2,1-4H3. The Labute approximate surface area is 172 Å². The summed E-state index contributed by atoms with van der Waals surface area (Å²) in [6.07, 6.45) is 2.48. The first kappa shape index (κ1) is 20.6. The third kappa shape index (κ3) is 4.50. The molecule has 0 N–H and O–H groups in total. The molecular formula is C24H29N3O2. The lowest BCUT2D eigenvalue weighted by atomic mass is 10.1. The van der Waals surface area contributed by atoms with Crippen molar-refractivity contribution in [2.45, 2.75) is 33.4 Å². The Hall–Kier alpha value is -3.08. The van der Waals surface area contributed by atoms with Gasteiger partial charge in [0, 0.05) is 56.4 Å². The predicted molar refractivity (Wildman–Crippen MR) is 117 cm³/mol. The van der Waals surface area contributed by atoms with E-state index >= 15 is 0 Å². The number of aromatic nitrogens is 1. The van der Waals surface area contributed by atoms with E-state index in [0.717, 1.165) is 23.1 Å². The van der Waals surface area contributed by atoms with Crippen molar-refractivity contribution in [3.8, 4) is 0 Å². The number of carbonyl (C=O) groups excluding carboxylic acids is 2. The van der Waals surface area contributed by atoms with Crippen LogP contribution < -0.4 is 0 Å². The number of likely N-dealkylation sites (N-methyl/N-ethyl adjacent to an activating group) is 1. The number of rotatable bonds is 7. The first-order valence-corrected chi connectivity index (χ1v) is 10.1. The van der Waals surface area contributed by atoms with Crippen LogP contribution in [0.1, 0.15) is 35.3 Å². The molecule has 0 aliphatic carbocycles. The lowest BCUT2D eigenvalue weighted by molar-refractivity contribution is -0.130. The first-order valence-electron chi connectivity index (χ1n) is 10.1. The normalized spacial score (nSPS) is 10.9. The number of nitrogens with zero attached hydrogens (tertiary/aromatic N) is 3. The summed E-state index contributed by atoms with van der Waals surface area (Å²) in [5.41, 5.74) is 3.91. The highest BCUT2D eigenvalue weighted by atomic mass is 16.2. The van der Waals surface area contributed by atoms with Crippen LogP contribution in [0.25, 0.3) is 10.9 Å². The van der Waals surface area contributed by atoms with E-state index in [4.69, 9.17) is 0 Å². The Bertz CT molecular complexity index is 1000. The summed E-state index contributed by atoms with van der Waals surface area (Å²) in [5, 5.41) is 1.14. The monoisotopic (exact) mass is 391 g/mol. The maximum absolute atomic E-state index is 13.0. The number of fused-ring (bicyclic) bond motifs is 1. The Morgan fingerprint density at radius 3 is 2.28 bits per heavy atom. The molecule has 3 rings (SSSR count). The van der Waals surface area contributed by atoms with Gasteiger partial charge in [0.2, 0.25) is 5.91 Å². The molecule has 0 aliphatic heterocycles. The minimum atomic E-state index is -0.0210. The second kappa shape index (κ2) is 8.95. The van der Waals surface area contributed by atoms with Crippen molar-refractivity contribution in [2.24, 2.45) is 0 Å². The molecule has 3 aromatic rings. The Balaban J connectivity index is 1.74. The zero-order valence-corrected chi connectivity index (χ0v) is 17.7. The van der Waals surface area contributed by atoms with E-state index in [0.29, 0.717) is 25.1 Å². The van der Waals surface area contributed by atoms with Crippen LogP contribution in [0.5, 0.6) is 0 Å². The van der Waals surface area contributed by atoms with Gasteiger partial charge >= 0.3 is 0 Å². The van der Waals surface area contributed by atoms with E-state index < -0.39 is 0 Å². The summed E-state index contributed by atoms with van der Waals surface area (Å²) < 4.78 is 2.19. The van der Waals surface area contributed by atoms with Gasteiger partial charge < -0.3 is 14.4 Å². The molecule has 0 spiro atoms. The summed E-state index contributed by atoms with van der Waals surface area (Å²) in [5.74, 6) is 0.0900. The number of hydrogen-bond acceptors (Lipinski definition) is 2. The maximum atomic E-state index is 13.0. The van der Waals surface area contributed by atoms with Gasteiger partial charge in [-0.25, -0.2) is 0 Å². The van der Waals surface area contributed by atoms with Crippen LogP contribution >= 0.6 is 0 Å². The molecule has 0 bridgehead atoms. The highest BCUT2D eigenvalue weighted by Gasteiger charge is 2.17. The molecule has 29 heavy (non-hydrogen) atoms. The molecular weight excluding hydrogens is 362 g/mol. The van der Waals surface area contributed by atoms with Crippen molar-refractivity contribution in [1.29, 1.82) is 0 Å². The van der Waals surface area contributed by atoms with Crippen molar-refractivity contribution in [3.05, 3.63) is 71.4 Å². The molecule has 5 nitrogen and oxygen atoms in total. The van der Waals surface area contributed by atoms with Gasteiger partial charge in [-0.05, 0) is 43.2 Å². The third-order valence-corrected chi connectivity index (χ3v) is 5.27. The fraction of sp³-hybridized carbons (Fsp3) is 0.333. The minimum Gasteiger partial charge on any atom is -0.347 e. The number of hydrogen-bond donors (Lipinski definition) is 0. The zero-order valence-electron chi connectivity index (χ0n) is 17.7. The molecule has 1 heterocycles. The SMILES string of the molecule is CCN(Cc1ccc(C(=O)N(C)C)cc1)C(=O)Cc1cn(CC)c2ccccc12. The molecule has 2 amide bonds. The van der Waals surface area contributed by atoms with E-state index in [2.05, 4.69) is 29.8 Å². The second-order valence-electron chi connectivity index (χ2n) is 7.44. The third-order valence-electron chi connectivity index (χ3n) is 5.27. The van der Waals surface area contributed by atoms with Crippen molar-refractivity contribution in [1.82, 2.24) is 14.4 Å². The van der Waals surface area contributed by atoms with Gasteiger partial charge in [-0.15, -0.1) is 0 Å². The molecule has 0 saturated carbocycles. The molecule has 0 fully saturated rings. The van der Waals surface area contributed by atoms with Gasteiger partial charge in [0.05, 0.1) is 6.42 Å². The molecule has 2 aromatic carbocycles. The Morgan fingerprint density at radius 1 is 0.966 bits per heavy atom. The second-order valence-corrected chi connectivity index (χ2v) is 7.44. The van der Waals surface area contributed by atoms with Crippen molar-refractivity contribution < 1.29 is 9.59 Å². The predicted octanol–water partition coefficient (Wildman–Crippen LogP) is 3.95. The Kier molecular flexibility index (Phi) is 6.37. The summed E-state index contributed by atoms with van der Waals surface area (Å²) in [6, 6.07) is 15.7. The average molecular weight is 392 g/mol. The largest absolute Gasteiger partial charge is 0.347 e. The highest BCUT2D eigenvalue weighted by Crippen LogP contribution is 2.22. The van der Waals surface area contributed by atoms with Crippen LogP contribution in [0.4, 0.5) is 0 Å². The van der Waals surface area contributed by atoms with Crippen LogP contribution in [0.2, 0.25) is 0 Å². The molecule has 152 valence electrons. The number of benzene rings is 2. The maximum Gasteiger partial charge on any atom is 0.253 e. The minimum absolute atomic E-state index is 0.0210. The number of amides is 2. The molecule has 0 atom stereocenters. The van der Waals surface area contributed by atoms with Gasteiger partial charge in [0.25, 0.3) is 5.91 Å². The fourth-order valence-electron chi connectivity index (χ4n) is 3.61. The topological polar surface area (TPSA) is 45.6 Å². The molecule has 0 unspecified atom stereocenters. The van der Waals surface area contributed by atoms with Gasteiger partial charge in [-0.2, -0.15) is 0 Å². The molecule has 5 heteroatoms. The van der Waals surface area contributed by atoms with E-state index in [-0.39, 0.29) is 11.8 Å². The average Bonchev–Trinajstić information content (AvgIpc) is 3.09. The summed E-state index contributed by atoms with van der Waals surface area (Å²) in [6.45, 7) is 6.17. The van der Waals surface area contributed by atoms with Crippen LogP contribution in [0, 0.1) is 0 Å². The van der Waals surface area contributed by atoms with Crippen LogP contribution in [-0.2, 0) is 24.3 Å². The summed E-state index contributed by atoms with van der Waals surface area (Å²) in [4.78, 5) is 28.5. The summed E-state index contributed by atoms with van der Waals surface area (Å²) >= 11 is 0. The first-order chi connectivity index (χ1) is 13.9. The van der Waals surface area contributed by atoms with E-state index in [1.807, 2.05) is 48.2 Å². The number of aryl methyl sites for hydroxylation is 1. The van der Waals surface area contributed by atoms with E-state index in [1.165, 1.54) is 5.52 Å². The van der Waals surface area contributed by atoms with Gasteiger partial charge in [0.1, 0.15) is 0 Å².